The molecule has 0 spiro atoms. The van der Waals surface area contributed by atoms with Crippen LogP contribution in [-0.2, 0) is 14.3 Å². The predicted molar refractivity (Wildman–Crippen MR) is 94.2 cm³/mol. The molecule has 0 radical (unpaired) electrons. The summed E-state index contributed by atoms with van der Waals surface area (Å²) in [6, 6.07) is 0. The van der Waals surface area contributed by atoms with E-state index in [-0.39, 0.29) is 25.0 Å². The minimum Gasteiger partial charge on any atom is -0.396 e. The number of carbonyl (C=O) groups is 1. The van der Waals surface area contributed by atoms with E-state index in [1.54, 1.807) is 13.8 Å². The summed E-state index contributed by atoms with van der Waals surface area (Å²) in [5.74, 6) is -3.83. The third kappa shape index (κ3) is 4.03. The second-order valence-electron chi connectivity index (χ2n) is 7.73. The van der Waals surface area contributed by atoms with Gasteiger partial charge in [-0.15, -0.1) is 0 Å². The van der Waals surface area contributed by atoms with E-state index in [0.717, 1.165) is 0 Å². The maximum absolute atomic E-state index is 12.8. The average Bonchev–Trinajstić information content (AvgIpc) is 3.29. The molecule has 2 fully saturated rings. The van der Waals surface area contributed by atoms with Crippen LogP contribution in [-0.4, -0.2) is 69.1 Å². The molecule has 7 heteroatoms. The van der Waals surface area contributed by atoms with E-state index in [9.17, 15) is 25.2 Å². The number of aliphatic hydroxyl groups excluding tert-OH is 3. The molecule has 2 heterocycles. The van der Waals surface area contributed by atoms with Crippen LogP contribution >= 0.6 is 0 Å². The molecule has 2 aliphatic heterocycles. The first kappa shape index (κ1) is 21.5. The number of ether oxygens (including phenoxy) is 2. The van der Waals surface area contributed by atoms with E-state index in [4.69, 9.17) is 9.47 Å². The van der Waals surface area contributed by atoms with Gasteiger partial charge in [-0.2, -0.15) is 0 Å². The molecule has 2 aliphatic rings. The summed E-state index contributed by atoms with van der Waals surface area (Å²) in [6.07, 6.45) is 1.55. The zero-order chi connectivity index (χ0) is 19.7. The average molecular weight is 372 g/mol. The summed E-state index contributed by atoms with van der Waals surface area (Å²) in [5, 5.41) is 40.9. The number of hydrogen-bond donors (Lipinski definition) is 4. The Kier molecular flexibility index (Phi) is 6.64. The number of rotatable bonds is 8. The van der Waals surface area contributed by atoms with Gasteiger partial charge in [-0.1, -0.05) is 26.0 Å². The van der Waals surface area contributed by atoms with E-state index < -0.39 is 47.8 Å². The van der Waals surface area contributed by atoms with Crippen molar-refractivity contribution in [1.82, 2.24) is 0 Å². The highest BCUT2D eigenvalue weighted by Gasteiger charge is 2.62. The Labute approximate surface area is 154 Å². The summed E-state index contributed by atoms with van der Waals surface area (Å²) in [6.45, 7) is 6.61. The quantitative estimate of drug-likeness (QED) is 0.359. The zero-order valence-corrected chi connectivity index (χ0v) is 16.0. The standard InChI is InChI=1S/C19H32O7/c1-5-7-11(3)17-18(4,26-17)16(23)12(9-20)15(22)13-10-25-19(24,6-2)8-14(13)21/h5,7,11-14,16-17,20-21,23-24H,6,8-10H2,1-4H3/b7-5-/t11-,12+,13+,14+,16+,17-,18-,19-/m1/s1. The molecular weight excluding hydrogens is 340 g/mol. The van der Waals surface area contributed by atoms with Crippen molar-refractivity contribution < 1.29 is 34.7 Å². The molecule has 7 nitrogen and oxygen atoms in total. The van der Waals surface area contributed by atoms with Gasteiger partial charge in [-0.25, -0.2) is 0 Å². The summed E-state index contributed by atoms with van der Waals surface area (Å²) in [4.78, 5) is 12.8. The maximum Gasteiger partial charge on any atom is 0.167 e. The van der Waals surface area contributed by atoms with E-state index in [0.29, 0.717) is 6.42 Å². The van der Waals surface area contributed by atoms with Crippen LogP contribution in [0.3, 0.4) is 0 Å². The molecule has 150 valence electrons. The molecule has 0 bridgehead atoms. The molecule has 0 saturated carbocycles. The Morgan fingerprint density at radius 1 is 1.42 bits per heavy atom. The van der Waals surface area contributed by atoms with Gasteiger partial charge in [0, 0.05) is 12.3 Å². The molecule has 26 heavy (non-hydrogen) atoms. The minimum absolute atomic E-state index is 0.0669. The predicted octanol–water partition coefficient (Wildman–Crippen LogP) is 0.391. The van der Waals surface area contributed by atoms with Crippen molar-refractivity contribution in [3.8, 4) is 0 Å². The molecule has 0 aromatic heterocycles. The van der Waals surface area contributed by atoms with Crippen LogP contribution in [0.1, 0.15) is 40.5 Å². The van der Waals surface area contributed by atoms with Crippen LogP contribution < -0.4 is 0 Å². The Hall–Kier alpha value is -0.830. The van der Waals surface area contributed by atoms with Gasteiger partial charge in [0.2, 0.25) is 0 Å². The lowest BCUT2D eigenvalue weighted by molar-refractivity contribution is -0.258. The van der Waals surface area contributed by atoms with Crippen LogP contribution in [0, 0.1) is 17.8 Å². The molecule has 2 rings (SSSR count). The fourth-order valence-electron chi connectivity index (χ4n) is 3.93. The first-order valence-electron chi connectivity index (χ1n) is 9.31. The number of ketones is 1. The van der Waals surface area contributed by atoms with Crippen molar-refractivity contribution in [1.29, 1.82) is 0 Å². The number of Topliss-reactive ketones (excluding diaryl/α,β-unsaturated/α-hetero) is 1. The summed E-state index contributed by atoms with van der Waals surface area (Å²) < 4.78 is 11.0. The summed E-state index contributed by atoms with van der Waals surface area (Å²) in [7, 11) is 0. The van der Waals surface area contributed by atoms with Crippen molar-refractivity contribution in [2.45, 2.75) is 70.2 Å². The smallest absolute Gasteiger partial charge is 0.167 e. The normalized spacial score (nSPS) is 41.0. The molecule has 2 saturated heterocycles. The van der Waals surface area contributed by atoms with Gasteiger partial charge in [0.25, 0.3) is 0 Å². The number of aliphatic hydroxyl groups is 4. The van der Waals surface area contributed by atoms with E-state index >= 15 is 0 Å². The Morgan fingerprint density at radius 3 is 2.58 bits per heavy atom. The van der Waals surface area contributed by atoms with E-state index in [1.807, 2.05) is 26.0 Å². The van der Waals surface area contributed by atoms with E-state index in [2.05, 4.69) is 0 Å². The van der Waals surface area contributed by atoms with Gasteiger partial charge >= 0.3 is 0 Å². The Balaban J connectivity index is 2.07. The lowest BCUT2D eigenvalue weighted by Gasteiger charge is -2.39. The first-order valence-corrected chi connectivity index (χ1v) is 9.31. The number of allylic oxidation sites excluding steroid dienone is 1. The third-order valence-corrected chi connectivity index (χ3v) is 5.83. The van der Waals surface area contributed by atoms with Gasteiger partial charge in [0.05, 0.1) is 43.4 Å². The molecule has 0 amide bonds. The zero-order valence-electron chi connectivity index (χ0n) is 16.0. The van der Waals surface area contributed by atoms with Crippen molar-refractivity contribution in [2.24, 2.45) is 17.8 Å². The van der Waals surface area contributed by atoms with Gasteiger partial charge in [-0.3, -0.25) is 4.79 Å². The van der Waals surface area contributed by atoms with Crippen molar-refractivity contribution in [3.63, 3.8) is 0 Å². The molecule has 0 unspecified atom stereocenters. The topological polar surface area (TPSA) is 120 Å². The van der Waals surface area contributed by atoms with Crippen LogP contribution in [0.4, 0.5) is 0 Å². The number of epoxide rings is 1. The van der Waals surface area contributed by atoms with Gasteiger partial charge in [0.1, 0.15) is 11.4 Å². The van der Waals surface area contributed by atoms with E-state index in [1.165, 1.54) is 0 Å². The summed E-state index contributed by atoms with van der Waals surface area (Å²) in [5.41, 5.74) is -0.924. The van der Waals surface area contributed by atoms with Gasteiger partial charge in [-0.05, 0) is 20.3 Å². The summed E-state index contributed by atoms with van der Waals surface area (Å²) >= 11 is 0. The fraction of sp³-hybridized carbons (Fsp3) is 0.842. The molecule has 0 aromatic rings. The van der Waals surface area contributed by atoms with Crippen LogP contribution in [0.2, 0.25) is 0 Å². The maximum atomic E-state index is 12.8. The second kappa shape index (κ2) is 8.04. The number of hydrogen-bond acceptors (Lipinski definition) is 7. The lowest BCUT2D eigenvalue weighted by Crippen LogP contribution is -2.53. The SMILES string of the molecule is C/C=C\[C@@H](C)[C@H]1O[C@]1(C)[C@@H](O)[C@@H](CO)C(=O)[C@H]1CO[C@](O)(CC)C[C@@H]1O. The largest absolute Gasteiger partial charge is 0.396 e. The van der Waals surface area contributed by atoms with Crippen LogP contribution in [0.5, 0.6) is 0 Å². The van der Waals surface area contributed by atoms with Gasteiger partial charge in [0.15, 0.2) is 5.79 Å². The van der Waals surface area contributed by atoms with Crippen LogP contribution in [0.25, 0.3) is 0 Å². The first-order chi connectivity index (χ1) is 12.1. The van der Waals surface area contributed by atoms with Crippen molar-refractivity contribution in [3.05, 3.63) is 12.2 Å². The van der Waals surface area contributed by atoms with Gasteiger partial charge < -0.3 is 29.9 Å². The highest BCUT2D eigenvalue weighted by molar-refractivity contribution is 5.85. The van der Waals surface area contributed by atoms with Crippen molar-refractivity contribution >= 4 is 5.78 Å². The highest BCUT2D eigenvalue weighted by atomic mass is 16.6. The minimum atomic E-state index is -1.44. The highest BCUT2D eigenvalue weighted by Crippen LogP contribution is 2.47. The Bertz CT molecular complexity index is 536. The van der Waals surface area contributed by atoms with Crippen LogP contribution in [0.15, 0.2) is 12.2 Å². The Morgan fingerprint density at radius 2 is 2.08 bits per heavy atom. The molecule has 0 aromatic carbocycles. The lowest BCUT2D eigenvalue weighted by atomic mass is 9.78. The van der Waals surface area contributed by atoms with Crippen molar-refractivity contribution in [2.75, 3.05) is 13.2 Å². The number of carbonyl (C=O) groups excluding carboxylic acids is 1. The third-order valence-electron chi connectivity index (χ3n) is 5.83. The molecule has 0 aliphatic carbocycles. The monoisotopic (exact) mass is 372 g/mol. The second-order valence-corrected chi connectivity index (χ2v) is 7.73. The molecule has 8 atom stereocenters. The molecular formula is C19H32O7. The fourth-order valence-corrected chi connectivity index (χ4v) is 3.93. The molecule has 4 N–H and O–H groups in total.